The molecule has 0 atom stereocenters. The van der Waals surface area contributed by atoms with Crippen molar-refractivity contribution in [2.75, 3.05) is 6.54 Å². The Morgan fingerprint density at radius 1 is 1.40 bits per heavy atom. The van der Waals surface area contributed by atoms with Crippen LogP contribution in [-0.2, 0) is 9.59 Å². The van der Waals surface area contributed by atoms with Gasteiger partial charge in [-0.05, 0) is 12.8 Å². The van der Waals surface area contributed by atoms with Crippen LogP contribution in [0, 0.1) is 0 Å². The largest absolute Gasteiger partial charge is 0.480 e. The highest BCUT2D eigenvalue weighted by Crippen LogP contribution is 2.34. The van der Waals surface area contributed by atoms with Gasteiger partial charge in [0, 0.05) is 0 Å². The number of hydrogen-bond donors (Lipinski definition) is 2. The van der Waals surface area contributed by atoms with Crippen LogP contribution < -0.4 is 5.32 Å². The summed E-state index contributed by atoms with van der Waals surface area (Å²) < 4.78 is 0. The molecule has 0 aromatic carbocycles. The van der Waals surface area contributed by atoms with Crippen LogP contribution in [-0.4, -0.2) is 40.0 Å². The number of carboxylic acids is 1. The quantitative estimate of drug-likeness (QED) is 0.627. The minimum absolute atomic E-state index is 0.382. The zero-order chi connectivity index (χ0) is 11.1. The lowest BCUT2D eigenvalue weighted by molar-refractivity contribution is -0.142. The summed E-state index contributed by atoms with van der Waals surface area (Å²) >= 11 is 0. The molecule has 15 heavy (non-hydrogen) atoms. The van der Waals surface area contributed by atoms with E-state index in [0.717, 1.165) is 17.7 Å². The van der Waals surface area contributed by atoms with Crippen molar-refractivity contribution in [3.63, 3.8) is 0 Å². The van der Waals surface area contributed by atoms with Crippen LogP contribution in [0.2, 0.25) is 0 Å². The molecule has 0 aromatic rings. The van der Waals surface area contributed by atoms with Crippen molar-refractivity contribution in [2.45, 2.75) is 31.2 Å². The molecule has 2 rings (SSSR count). The van der Waals surface area contributed by atoms with Gasteiger partial charge in [0.15, 0.2) is 0 Å². The second-order valence-electron chi connectivity index (χ2n) is 4.00. The van der Waals surface area contributed by atoms with Crippen molar-refractivity contribution in [3.05, 3.63) is 0 Å². The number of urea groups is 1. The van der Waals surface area contributed by atoms with Crippen molar-refractivity contribution in [3.8, 4) is 0 Å². The molecule has 1 saturated heterocycles. The number of rotatable bonds is 2. The topological polar surface area (TPSA) is 86.7 Å². The number of carboxylic acid groups (broad SMARTS) is 1. The van der Waals surface area contributed by atoms with Gasteiger partial charge in [0.1, 0.15) is 12.1 Å². The molecule has 1 saturated carbocycles. The maximum atomic E-state index is 11.9. The Bertz CT molecular complexity index is 333. The molecule has 0 radical (unpaired) electrons. The average molecular weight is 212 g/mol. The maximum absolute atomic E-state index is 11.9. The van der Waals surface area contributed by atoms with Gasteiger partial charge >= 0.3 is 12.0 Å². The van der Waals surface area contributed by atoms with E-state index in [1.54, 1.807) is 0 Å². The first-order valence-electron chi connectivity index (χ1n) is 4.91. The second-order valence-corrected chi connectivity index (χ2v) is 4.00. The summed E-state index contributed by atoms with van der Waals surface area (Å²) in [7, 11) is 0. The summed E-state index contributed by atoms with van der Waals surface area (Å²) in [5, 5.41) is 11.2. The van der Waals surface area contributed by atoms with Crippen LogP contribution >= 0.6 is 0 Å². The molecule has 0 aromatic heterocycles. The minimum atomic E-state index is -1.17. The van der Waals surface area contributed by atoms with E-state index in [-0.39, 0.29) is 5.91 Å². The van der Waals surface area contributed by atoms with Crippen molar-refractivity contribution in [1.82, 2.24) is 10.2 Å². The first kappa shape index (κ1) is 9.95. The molecule has 6 nitrogen and oxygen atoms in total. The van der Waals surface area contributed by atoms with Crippen molar-refractivity contribution in [1.29, 1.82) is 0 Å². The molecule has 1 spiro atoms. The van der Waals surface area contributed by atoms with Gasteiger partial charge in [-0.25, -0.2) is 4.79 Å². The summed E-state index contributed by atoms with van der Waals surface area (Å²) in [6, 6.07) is -0.579. The lowest BCUT2D eigenvalue weighted by Crippen LogP contribution is -2.44. The summed E-state index contributed by atoms with van der Waals surface area (Å²) in [5.74, 6) is -1.55. The predicted octanol–water partition coefficient (Wildman–Crippen LogP) is -0.0644. The number of carbonyl (C=O) groups is 3. The third-order valence-electron chi connectivity index (χ3n) is 3.00. The fourth-order valence-corrected chi connectivity index (χ4v) is 2.27. The predicted molar refractivity (Wildman–Crippen MR) is 49.1 cm³/mol. The van der Waals surface area contributed by atoms with Crippen molar-refractivity contribution in [2.24, 2.45) is 0 Å². The monoisotopic (exact) mass is 212 g/mol. The maximum Gasteiger partial charge on any atom is 0.325 e. The van der Waals surface area contributed by atoms with Gasteiger partial charge in [0.05, 0.1) is 0 Å². The summed E-state index contributed by atoms with van der Waals surface area (Å²) in [5.41, 5.74) is -0.799. The molecule has 0 bridgehead atoms. The third-order valence-corrected chi connectivity index (χ3v) is 3.00. The highest BCUT2D eigenvalue weighted by Gasteiger charge is 2.52. The SMILES string of the molecule is O=C(O)CN1C(=O)NC2(CCCC2)C1=O. The second kappa shape index (κ2) is 3.22. The zero-order valence-corrected chi connectivity index (χ0v) is 8.15. The molecule has 1 aliphatic heterocycles. The molecule has 1 aliphatic carbocycles. The van der Waals surface area contributed by atoms with Gasteiger partial charge < -0.3 is 10.4 Å². The van der Waals surface area contributed by atoms with Gasteiger partial charge in [-0.15, -0.1) is 0 Å². The van der Waals surface area contributed by atoms with Crippen LogP contribution in [0.3, 0.4) is 0 Å². The van der Waals surface area contributed by atoms with Gasteiger partial charge in [0.2, 0.25) is 0 Å². The molecule has 0 unspecified atom stereocenters. The number of aliphatic carboxylic acids is 1. The Balaban J connectivity index is 2.19. The van der Waals surface area contributed by atoms with E-state index in [4.69, 9.17) is 5.11 Å². The molecule has 6 heteroatoms. The zero-order valence-electron chi connectivity index (χ0n) is 8.15. The summed E-state index contributed by atoms with van der Waals surface area (Å²) in [4.78, 5) is 34.5. The van der Waals surface area contributed by atoms with E-state index in [1.807, 2.05) is 0 Å². The number of amides is 3. The van der Waals surface area contributed by atoms with Crippen LogP contribution in [0.4, 0.5) is 4.79 Å². The van der Waals surface area contributed by atoms with E-state index < -0.39 is 24.1 Å². The normalized spacial score (nSPS) is 23.6. The molecule has 2 aliphatic rings. The van der Waals surface area contributed by atoms with Crippen LogP contribution in [0.5, 0.6) is 0 Å². The van der Waals surface area contributed by atoms with Crippen molar-refractivity contribution < 1.29 is 19.5 Å². The molecule has 1 heterocycles. The van der Waals surface area contributed by atoms with Crippen LogP contribution in [0.25, 0.3) is 0 Å². The first-order valence-corrected chi connectivity index (χ1v) is 4.91. The van der Waals surface area contributed by atoms with E-state index in [0.29, 0.717) is 12.8 Å². The number of hydrogen-bond acceptors (Lipinski definition) is 3. The van der Waals surface area contributed by atoms with Gasteiger partial charge in [-0.1, -0.05) is 12.8 Å². The Hall–Kier alpha value is -1.59. The lowest BCUT2D eigenvalue weighted by Gasteiger charge is -2.19. The van der Waals surface area contributed by atoms with E-state index in [9.17, 15) is 14.4 Å². The highest BCUT2D eigenvalue weighted by molar-refractivity contribution is 6.08. The summed E-state index contributed by atoms with van der Waals surface area (Å²) in [6.45, 7) is -0.549. The average Bonchev–Trinajstić information content (AvgIpc) is 2.69. The van der Waals surface area contributed by atoms with Crippen LogP contribution in [0.1, 0.15) is 25.7 Å². The Kier molecular flexibility index (Phi) is 2.13. The van der Waals surface area contributed by atoms with Gasteiger partial charge in [-0.2, -0.15) is 0 Å². The number of imide groups is 1. The molecule has 2 N–H and O–H groups in total. The highest BCUT2D eigenvalue weighted by atomic mass is 16.4. The molecule has 82 valence electrons. The Morgan fingerprint density at radius 2 is 2.00 bits per heavy atom. The smallest absolute Gasteiger partial charge is 0.325 e. The van der Waals surface area contributed by atoms with E-state index in [1.165, 1.54) is 0 Å². The number of carbonyl (C=O) groups excluding carboxylic acids is 2. The Morgan fingerprint density at radius 3 is 2.53 bits per heavy atom. The Labute approximate surface area is 86.2 Å². The third kappa shape index (κ3) is 1.45. The molecule has 3 amide bonds. The lowest BCUT2D eigenvalue weighted by atomic mass is 9.98. The molecule has 2 fully saturated rings. The summed E-state index contributed by atoms with van der Waals surface area (Å²) in [6.07, 6.45) is 3.03. The van der Waals surface area contributed by atoms with Gasteiger partial charge in [-0.3, -0.25) is 14.5 Å². The molecular formula is C9H12N2O4. The number of nitrogens with zero attached hydrogens (tertiary/aromatic N) is 1. The van der Waals surface area contributed by atoms with E-state index in [2.05, 4.69) is 5.32 Å². The fraction of sp³-hybridized carbons (Fsp3) is 0.667. The fourth-order valence-electron chi connectivity index (χ4n) is 2.27. The number of nitrogens with one attached hydrogen (secondary N) is 1. The first-order chi connectivity index (χ1) is 7.05. The minimum Gasteiger partial charge on any atom is -0.480 e. The van der Waals surface area contributed by atoms with Crippen molar-refractivity contribution >= 4 is 17.9 Å². The van der Waals surface area contributed by atoms with E-state index >= 15 is 0 Å². The standard InChI is InChI=1S/C9H12N2O4/c12-6(13)5-11-7(14)9(10-8(11)15)3-1-2-4-9/h1-5H2,(H,10,15)(H,12,13). The molecular weight excluding hydrogens is 200 g/mol. The van der Waals surface area contributed by atoms with Crippen LogP contribution in [0.15, 0.2) is 0 Å². The van der Waals surface area contributed by atoms with Gasteiger partial charge in [0.25, 0.3) is 5.91 Å².